The SMILES string of the molecule is COC(=O)C1CN(c2cccc(N3CC(C(C)C)Oc4cc(C(F)(F)F)ccc43)c2)C1. The van der Waals surface area contributed by atoms with E-state index in [-0.39, 0.29) is 29.7 Å². The molecule has 1 atom stereocenters. The molecule has 2 aromatic rings. The molecule has 0 saturated carbocycles. The molecule has 2 heterocycles. The van der Waals surface area contributed by atoms with Gasteiger partial charge in [-0.15, -0.1) is 0 Å². The minimum Gasteiger partial charge on any atom is -0.486 e. The lowest BCUT2D eigenvalue weighted by Gasteiger charge is -2.41. The van der Waals surface area contributed by atoms with E-state index < -0.39 is 11.7 Å². The van der Waals surface area contributed by atoms with Crippen molar-refractivity contribution in [1.82, 2.24) is 0 Å². The Balaban J connectivity index is 1.64. The molecule has 0 aliphatic carbocycles. The zero-order valence-electron chi connectivity index (χ0n) is 17.6. The molecule has 0 N–H and O–H groups in total. The fourth-order valence-electron chi connectivity index (χ4n) is 3.94. The van der Waals surface area contributed by atoms with E-state index in [0.29, 0.717) is 25.3 Å². The maximum Gasteiger partial charge on any atom is 0.416 e. The van der Waals surface area contributed by atoms with Crippen LogP contribution in [0.2, 0.25) is 0 Å². The summed E-state index contributed by atoms with van der Waals surface area (Å²) in [5.74, 6) is 0.0168. The molecule has 0 bridgehead atoms. The van der Waals surface area contributed by atoms with Crippen LogP contribution in [0.3, 0.4) is 0 Å². The molecule has 1 fully saturated rings. The minimum absolute atomic E-state index is 0.129. The van der Waals surface area contributed by atoms with Gasteiger partial charge in [0.15, 0.2) is 0 Å². The predicted octanol–water partition coefficient (Wildman–Crippen LogP) is 4.87. The molecule has 0 amide bonds. The number of hydrogen-bond donors (Lipinski definition) is 0. The summed E-state index contributed by atoms with van der Waals surface area (Å²) in [6.07, 6.45) is -4.67. The monoisotopic (exact) mass is 434 g/mol. The van der Waals surface area contributed by atoms with Gasteiger partial charge < -0.3 is 19.3 Å². The zero-order valence-corrected chi connectivity index (χ0v) is 17.6. The van der Waals surface area contributed by atoms with E-state index in [0.717, 1.165) is 23.5 Å². The van der Waals surface area contributed by atoms with Crippen LogP contribution in [0, 0.1) is 11.8 Å². The summed E-state index contributed by atoms with van der Waals surface area (Å²) < 4.78 is 50.4. The Morgan fingerprint density at radius 1 is 1.10 bits per heavy atom. The lowest BCUT2D eigenvalue weighted by atomic mass is 9.99. The van der Waals surface area contributed by atoms with E-state index in [1.165, 1.54) is 13.2 Å². The van der Waals surface area contributed by atoms with Crippen LogP contribution < -0.4 is 14.5 Å². The summed E-state index contributed by atoms with van der Waals surface area (Å²) in [6, 6.07) is 11.5. The maximum absolute atomic E-state index is 13.2. The molecule has 2 aliphatic rings. The summed E-state index contributed by atoms with van der Waals surface area (Å²) in [6.45, 7) is 5.68. The van der Waals surface area contributed by atoms with Crippen LogP contribution in [0.15, 0.2) is 42.5 Å². The summed E-state index contributed by atoms with van der Waals surface area (Å²) >= 11 is 0. The molecular weight excluding hydrogens is 409 g/mol. The number of alkyl halides is 3. The third kappa shape index (κ3) is 4.16. The first-order valence-corrected chi connectivity index (χ1v) is 10.3. The second-order valence-corrected chi connectivity index (χ2v) is 8.34. The van der Waals surface area contributed by atoms with Gasteiger partial charge in [-0.1, -0.05) is 19.9 Å². The standard InChI is InChI=1S/C23H25F3N2O3/c1-14(2)21-13-28(19-8-7-16(23(24,25)26)9-20(19)31-21)18-6-4-5-17(10-18)27-11-15(12-27)22(29)30-3/h4-10,14-15,21H,11-13H2,1-3H3. The number of anilines is 3. The largest absolute Gasteiger partial charge is 0.486 e. The molecule has 1 unspecified atom stereocenters. The maximum atomic E-state index is 13.2. The Labute approximate surface area is 179 Å². The van der Waals surface area contributed by atoms with Crippen molar-refractivity contribution in [3.05, 3.63) is 48.0 Å². The van der Waals surface area contributed by atoms with Gasteiger partial charge in [-0.25, -0.2) is 0 Å². The summed E-state index contributed by atoms with van der Waals surface area (Å²) in [5.41, 5.74) is 1.71. The van der Waals surface area contributed by atoms with Gasteiger partial charge in [-0.3, -0.25) is 4.79 Å². The van der Waals surface area contributed by atoms with Crippen molar-refractivity contribution in [2.24, 2.45) is 11.8 Å². The fraction of sp³-hybridized carbons (Fsp3) is 0.435. The Kier molecular flexibility index (Phi) is 5.49. The van der Waals surface area contributed by atoms with E-state index in [2.05, 4.69) is 4.90 Å². The van der Waals surface area contributed by atoms with Crippen LogP contribution in [-0.4, -0.2) is 38.8 Å². The Hall–Kier alpha value is -2.90. The van der Waals surface area contributed by atoms with E-state index in [1.54, 1.807) is 0 Å². The molecule has 0 aromatic heterocycles. The predicted molar refractivity (Wildman–Crippen MR) is 112 cm³/mol. The molecule has 0 spiro atoms. The first-order valence-electron chi connectivity index (χ1n) is 10.3. The zero-order chi connectivity index (χ0) is 22.3. The summed E-state index contributed by atoms with van der Waals surface area (Å²) in [7, 11) is 1.39. The Bertz CT molecular complexity index is 971. The van der Waals surface area contributed by atoms with Crippen molar-refractivity contribution in [3.63, 3.8) is 0 Å². The van der Waals surface area contributed by atoms with Crippen molar-refractivity contribution in [2.75, 3.05) is 36.5 Å². The van der Waals surface area contributed by atoms with Gasteiger partial charge in [0, 0.05) is 24.5 Å². The average Bonchev–Trinajstić information content (AvgIpc) is 2.70. The summed E-state index contributed by atoms with van der Waals surface area (Å²) in [4.78, 5) is 15.8. The number of rotatable bonds is 4. The van der Waals surface area contributed by atoms with Crippen LogP contribution in [0.1, 0.15) is 19.4 Å². The van der Waals surface area contributed by atoms with Crippen molar-refractivity contribution in [1.29, 1.82) is 0 Å². The second kappa shape index (κ2) is 7.98. The molecule has 1 saturated heterocycles. The number of methoxy groups -OCH3 is 1. The highest BCUT2D eigenvalue weighted by molar-refractivity contribution is 5.78. The van der Waals surface area contributed by atoms with Gasteiger partial charge in [0.2, 0.25) is 0 Å². The minimum atomic E-state index is -4.43. The highest BCUT2D eigenvalue weighted by Crippen LogP contribution is 2.43. The van der Waals surface area contributed by atoms with Crippen molar-refractivity contribution >= 4 is 23.0 Å². The molecule has 31 heavy (non-hydrogen) atoms. The van der Waals surface area contributed by atoms with Gasteiger partial charge in [-0.2, -0.15) is 13.2 Å². The lowest BCUT2D eigenvalue weighted by molar-refractivity contribution is -0.146. The molecule has 8 heteroatoms. The highest BCUT2D eigenvalue weighted by atomic mass is 19.4. The number of carbonyl (C=O) groups excluding carboxylic acids is 1. The molecular formula is C23H25F3N2O3. The number of hydrogen-bond acceptors (Lipinski definition) is 5. The van der Waals surface area contributed by atoms with Crippen molar-refractivity contribution < 1.29 is 27.4 Å². The van der Waals surface area contributed by atoms with Crippen molar-refractivity contribution in [2.45, 2.75) is 26.1 Å². The first-order chi connectivity index (χ1) is 14.7. The quantitative estimate of drug-likeness (QED) is 0.643. The number of halogens is 3. The van der Waals surface area contributed by atoms with E-state index in [4.69, 9.17) is 9.47 Å². The average molecular weight is 434 g/mol. The normalized spacial score (nSPS) is 19.0. The number of esters is 1. The molecule has 2 aromatic carbocycles. The second-order valence-electron chi connectivity index (χ2n) is 8.34. The van der Waals surface area contributed by atoms with Crippen LogP contribution in [0.5, 0.6) is 5.75 Å². The third-order valence-electron chi connectivity index (χ3n) is 5.88. The Morgan fingerprint density at radius 3 is 2.45 bits per heavy atom. The Morgan fingerprint density at radius 2 is 1.81 bits per heavy atom. The number of fused-ring (bicyclic) bond motifs is 1. The first kappa shape index (κ1) is 21.3. The highest BCUT2D eigenvalue weighted by Gasteiger charge is 2.36. The molecule has 166 valence electrons. The summed E-state index contributed by atoms with van der Waals surface area (Å²) in [5, 5.41) is 0. The number of benzene rings is 2. The van der Waals surface area contributed by atoms with Crippen LogP contribution in [-0.2, 0) is 15.7 Å². The molecule has 2 aliphatic heterocycles. The number of ether oxygens (including phenoxy) is 2. The van der Waals surface area contributed by atoms with Gasteiger partial charge in [0.25, 0.3) is 0 Å². The van der Waals surface area contributed by atoms with Crippen LogP contribution >= 0.6 is 0 Å². The van der Waals surface area contributed by atoms with Gasteiger partial charge in [0.05, 0.1) is 30.8 Å². The number of nitrogens with zero attached hydrogens (tertiary/aromatic N) is 2. The van der Waals surface area contributed by atoms with Crippen LogP contribution in [0.4, 0.5) is 30.2 Å². The molecule has 0 radical (unpaired) electrons. The van der Waals surface area contributed by atoms with E-state index in [1.807, 2.05) is 43.0 Å². The van der Waals surface area contributed by atoms with Crippen molar-refractivity contribution in [3.8, 4) is 5.75 Å². The topological polar surface area (TPSA) is 42.0 Å². The molecule has 4 rings (SSSR count). The van der Waals surface area contributed by atoms with E-state index >= 15 is 0 Å². The van der Waals surface area contributed by atoms with E-state index in [9.17, 15) is 18.0 Å². The van der Waals surface area contributed by atoms with Gasteiger partial charge >= 0.3 is 12.1 Å². The number of carbonyl (C=O) groups is 1. The van der Waals surface area contributed by atoms with Crippen LogP contribution in [0.25, 0.3) is 0 Å². The smallest absolute Gasteiger partial charge is 0.416 e. The van der Waals surface area contributed by atoms with Gasteiger partial charge in [0.1, 0.15) is 11.9 Å². The van der Waals surface area contributed by atoms with Gasteiger partial charge in [-0.05, 0) is 42.3 Å². The molecule has 5 nitrogen and oxygen atoms in total. The fourth-order valence-corrected chi connectivity index (χ4v) is 3.94. The lowest BCUT2D eigenvalue weighted by Crippen LogP contribution is -2.50. The third-order valence-corrected chi connectivity index (χ3v) is 5.88.